The quantitative estimate of drug-likeness (QED) is 0.731. The number of hydrogen-bond donors (Lipinski definition) is 1. The van der Waals surface area contributed by atoms with Crippen molar-refractivity contribution in [3.63, 3.8) is 0 Å². The smallest absolute Gasteiger partial charge is 0.207 e. The number of nitrogen functional groups attached to an aromatic ring is 1. The summed E-state index contributed by atoms with van der Waals surface area (Å²) in [6.07, 6.45) is 1.78. The zero-order valence-corrected chi connectivity index (χ0v) is 11.3. The van der Waals surface area contributed by atoms with Gasteiger partial charge in [0, 0.05) is 6.20 Å². The van der Waals surface area contributed by atoms with Gasteiger partial charge in [0.05, 0.1) is 17.3 Å². The van der Waals surface area contributed by atoms with Crippen molar-refractivity contribution in [2.45, 2.75) is 13.8 Å². The number of hydrogen-bond acceptors (Lipinski definition) is 4. The Kier molecular flexibility index (Phi) is 2.65. The molecule has 0 aliphatic carbocycles. The molecule has 0 unspecified atom stereocenters. The van der Waals surface area contributed by atoms with E-state index in [-0.39, 0.29) is 0 Å². The van der Waals surface area contributed by atoms with Gasteiger partial charge in [-0.25, -0.2) is 9.97 Å². The fourth-order valence-electron chi connectivity index (χ4n) is 2.24. The van der Waals surface area contributed by atoms with Gasteiger partial charge in [0.2, 0.25) is 5.95 Å². The topological polar surface area (TPSA) is 80.5 Å². The summed E-state index contributed by atoms with van der Waals surface area (Å²) >= 11 is 0. The van der Waals surface area contributed by atoms with E-state index in [0.717, 1.165) is 22.3 Å². The molecule has 0 saturated carbocycles. The van der Waals surface area contributed by atoms with Crippen molar-refractivity contribution < 1.29 is 0 Å². The summed E-state index contributed by atoms with van der Waals surface area (Å²) in [5.41, 5.74) is 10.9. The fraction of sp³-hybridized carbons (Fsp3) is 0.133. The summed E-state index contributed by atoms with van der Waals surface area (Å²) < 4.78 is 1.78. The van der Waals surface area contributed by atoms with E-state index in [4.69, 9.17) is 11.0 Å². The van der Waals surface area contributed by atoms with E-state index in [0.29, 0.717) is 17.2 Å². The number of aromatic nitrogens is 3. The highest BCUT2D eigenvalue weighted by molar-refractivity contribution is 5.78. The predicted molar refractivity (Wildman–Crippen MR) is 77.5 cm³/mol. The summed E-state index contributed by atoms with van der Waals surface area (Å²) in [6.45, 7) is 3.93. The van der Waals surface area contributed by atoms with Gasteiger partial charge in [0.25, 0.3) is 0 Å². The standard InChI is InChI=1S/C15H13N5/c1-9-5-12-14(18-8-9)20(15(17)19-12)13-6-11(7-16)4-3-10(13)2/h3-6,8H,1-2H3,(H2,17,19). The average Bonchev–Trinajstić information content (AvgIpc) is 2.74. The van der Waals surface area contributed by atoms with Crippen molar-refractivity contribution in [1.29, 1.82) is 5.26 Å². The molecule has 0 amide bonds. The molecule has 5 nitrogen and oxygen atoms in total. The Balaban J connectivity index is 2.35. The summed E-state index contributed by atoms with van der Waals surface area (Å²) in [4.78, 5) is 8.75. The lowest BCUT2D eigenvalue weighted by Gasteiger charge is -2.09. The number of imidazole rings is 1. The summed E-state index contributed by atoms with van der Waals surface area (Å²) in [7, 11) is 0. The van der Waals surface area contributed by atoms with Gasteiger partial charge in [-0.15, -0.1) is 0 Å². The van der Waals surface area contributed by atoms with Crippen LogP contribution in [0.4, 0.5) is 5.95 Å². The highest BCUT2D eigenvalue weighted by atomic mass is 15.2. The molecule has 3 rings (SSSR count). The van der Waals surface area contributed by atoms with E-state index >= 15 is 0 Å². The van der Waals surface area contributed by atoms with Crippen molar-refractivity contribution in [3.05, 3.63) is 47.2 Å². The molecule has 2 N–H and O–H groups in total. The number of pyridine rings is 1. The molecule has 0 fully saturated rings. The van der Waals surface area contributed by atoms with Crippen LogP contribution in [0.1, 0.15) is 16.7 Å². The van der Waals surface area contributed by atoms with E-state index in [9.17, 15) is 0 Å². The number of benzene rings is 1. The van der Waals surface area contributed by atoms with E-state index < -0.39 is 0 Å². The second-order valence-electron chi connectivity index (χ2n) is 4.77. The average molecular weight is 263 g/mol. The number of rotatable bonds is 1. The van der Waals surface area contributed by atoms with Crippen molar-refractivity contribution in [3.8, 4) is 11.8 Å². The first-order chi connectivity index (χ1) is 9.60. The zero-order chi connectivity index (χ0) is 14.3. The molecular weight excluding hydrogens is 250 g/mol. The molecule has 0 atom stereocenters. The highest BCUT2D eigenvalue weighted by Gasteiger charge is 2.13. The maximum absolute atomic E-state index is 9.05. The maximum Gasteiger partial charge on any atom is 0.207 e. The Labute approximate surface area is 116 Å². The van der Waals surface area contributed by atoms with Crippen LogP contribution in [0.3, 0.4) is 0 Å². The van der Waals surface area contributed by atoms with Gasteiger partial charge in [-0.05, 0) is 43.2 Å². The third-order valence-corrected chi connectivity index (χ3v) is 3.24. The van der Waals surface area contributed by atoms with E-state index in [2.05, 4.69) is 16.0 Å². The number of nitrogens with zero attached hydrogens (tertiary/aromatic N) is 4. The second kappa shape index (κ2) is 4.35. The Morgan fingerprint density at radius 2 is 2.05 bits per heavy atom. The van der Waals surface area contributed by atoms with E-state index in [1.165, 1.54) is 0 Å². The molecule has 0 bridgehead atoms. The lowest BCUT2D eigenvalue weighted by molar-refractivity contribution is 1.06. The molecule has 2 heterocycles. The first kappa shape index (κ1) is 12.2. The number of nitrogens with two attached hydrogens (primary N) is 1. The minimum absolute atomic E-state index is 0.372. The van der Waals surface area contributed by atoms with Crippen LogP contribution in [0.5, 0.6) is 0 Å². The van der Waals surface area contributed by atoms with Gasteiger partial charge in [-0.3, -0.25) is 4.57 Å². The van der Waals surface area contributed by atoms with Crippen LogP contribution in [0.15, 0.2) is 30.5 Å². The predicted octanol–water partition coefficient (Wildman–Crippen LogP) is 2.49. The number of fused-ring (bicyclic) bond motifs is 1. The van der Waals surface area contributed by atoms with Gasteiger partial charge in [0.15, 0.2) is 5.65 Å². The summed E-state index contributed by atoms with van der Waals surface area (Å²) in [5.74, 6) is 0.372. The minimum Gasteiger partial charge on any atom is -0.369 e. The molecule has 5 heteroatoms. The van der Waals surface area contributed by atoms with Crippen molar-refractivity contribution in [1.82, 2.24) is 14.5 Å². The van der Waals surface area contributed by atoms with Crippen molar-refractivity contribution in [2.24, 2.45) is 0 Å². The maximum atomic E-state index is 9.05. The molecule has 3 aromatic rings. The minimum atomic E-state index is 0.372. The van der Waals surface area contributed by atoms with Gasteiger partial charge in [0.1, 0.15) is 5.52 Å². The molecule has 2 aromatic heterocycles. The Hall–Kier alpha value is -2.87. The van der Waals surface area contributed by atoms with Gasteiger partial charge in [-0.2, -0.15) is 5.26 Å². The van der Waals surface area contributed by atoms with Crippen LogP contribution < -0.4 is 5.73 Å². The van der Waals surface area contributed by atoms with Crippen LogP contribution in [0.2, 0.25) is 0 Å². The van der Waals surface area contributed by atoms with Crippen LogP contribution >= 0.6 is 0 Å². The second-order valence-corrected chi connectivity index (χ2v) is 4.77. The third-order valence-electron chi connectivity index (χ3n) is 3.24. The first-order valence-corrected chi connectivity index (χ1v) is 6.22. The SMILES string of the molecule is Cc1cnc2c(c1)nc(N)n2-c1cc(C#N)ccc1C. The lowest BCUT2D eigenvalue weighted by Crippen LogP contribution is -2.03. The Morgan fingerprint density at radius 1 is 1.25 bits per heavy atom. The van der Waals surface area contributed by atoms with Crippen LogP contribution in [0.25, 0.3) is 16.9 Å². The van der Waals surface area contributed by atoms with E-state index in [1.54, 1.807) is 22.9 Å². The number of nitriles is 1. The number of anilines is 1. The third kappa shape index (κ3) is 1.79. The molecule has 0 saturated heterocycles. The normalized spacial score (nSPS) is 10.7. The molecule has 20 heavy (non-hydrogen) atoms. The molecule has 0 aliphatic heterocycles. The van der Waals surface area contributed by atoms with E-state index in [1.807, 2.05) is 26.0 Å². The summed E-state index contributed by atoms with van der Waals surface area (Å²) in [5, 5.41) is 9.05. The fourth-order valence-corrected chi connectivity index (χ4v) is 2.24. The Bertz CT molecular complexity index is 855. The lowest BCUT2D eigenvalue weighted by atomic mass is 10.1. The molecule has 98 valence electrons. The monoisotopic (exact) mass is 263 g/mol. The van der Waals surface area contributed by atoms with Gasteiger partial charge in [-0.1, -0.05) is 6.07 Å². The first-order valence-electron chi connectivity index (χ1n) is 6.22. The van der Waals surface area contributed by atoms with Crippen LogP contribution in [0, 0.1) is 25.2 Å². The molecule has 0 aliphatic rings. The van der Waals surface area contributed by atoms with Crippen molar-refractivity contribution >= 4 is 17.1 Å². The van der Waals surface area contributed by atoms with Gasteiger partial charge < -0.3 is 5.73 Å². The molecule has 0 radical (unpaired) electrons. The summed E-state index contributed by atoms with van der Waals surface area (Å²) in [6, 6.07) is 9.56. The molecule has 1 aromatic carbocycles. The zero-order valence-electron chi connectivity index (χ0n) is 11.3. The van der Waals surface area contributed by atoms with Crippen LogP contribution in [-0.4, -0.2) is 14.5 Å². The molecular formula is C15H13N5. The number of aryl methyl sites for hydroxylation is 2. The molecule has 0 spiro atoms. The van der Waals surface area contributed by atoms with Crippen LogP contribution in [-0.2, 0) is 0 Å². The highest BCUT2D eigenvalue weighted by Crippen LogP contribution is 2.25. The largest absolute Gasteiger partial charge is 0.369 e. The Morgan fingerprint density at radius 3 is 2.80 bits per heavy atom. The van der Waals surface area contributed by atoms with Gasteiger partial charge >= 0.3 is 0 Å². The van der Waals surface area contributed by atoms with Crippen molar-refractivity contribution in [2.75, 3.05) is 5.73 Å².